The number of pyridine rings is 1. The highest BCUT2D eigenvalue weighted by Gasteiger charge is 2.13. The van der Waals surface area contributed by atoms with Gasteiger partial charge in [0, 0.05) is 25.0 Å². The molecular weight excluding hydrogens is 262 g/mol. The lowest BCUT2D eigenvalue weighted by atomic mass is 10.1. The highest BCUT2D eigenvalue weighted by atomic mass is 16.1. The van der Waals surface area contributed by atoms with Gasteiger partial charge in [0.15, 0.2) is 0 Å². The predicted molar refractivity (Wildman–Crippen MR) is 84.7 cm³/mol. The van der Waals surface area contributed by atoms with Crippen LogP contribution in [-0.4, -0.2) is 24.0 Å². The molecule has 1 fully saturated rings. The number of rotatable bonds is 3. The Kier molecular flexibility index (Phi) is 4.15. The minimum absolute atomic E-state index is 0.126. The molecular formula is C17H19N3O. The zero-order chi connectivity index (χ0) is 14.5. The van der Waals surface area contributed by atoms with Gasteiger partial charge in [0.05, 0.1) is 5.56 Å². The monoisotopic (exact) mass is 281 g/mol. The van der Waals surface area contributed by atoms with Crippen molar-refractivity contribution in [2.75, 3.05) is 23.3 Å². The van der Waals surface area contributed by atoms with Crippen molar-refractivity contribution in [1.29, 1.82) is 0 Å². The summed E-state index contributed by atoms with van der Waals surface area (Å²) in [6.07, 6.45) is 5.39. The summed E-state index contributed by atoms with van der Waals surface area (Å²) < 4.78 is 0. The third kappa shape index (κ3) is 3.40. The SMILES string of the molecule is O=C(Nc1ccccc1)c1ccc(N2CCCCC2)nc1. The fraction of sp³-hybridized carbons (Fsp3) is 0.294. The number of nitrogens with zero attached hydrogens (tertiary/aromatic N) is 2. The zero-order valence-corrected chi connectivity index (χ0v) is 12.0. The van der Waals surface area contributed by atoms with Crippen LogP contribution in [0.2, 0.25) is 0 Å². The standard InChI is InChI=1S/C17H19N3O/c21-17(19-15-7-3-1-4-8-15)14-9-10-16(18-13-14)20-11-5-2-6-12-20/h1,3-4,7-10,13H,2,5-6,11-12H2,(H,19,21). The first-order valence-electron chi connectivity index (χ1n) is 7.40. The summed E-state index contributed by atoms with van der Waals surface area (Å²) in [6, 6.07) is 13.2. The first-order valence-corrected chi connectivity index (χ1v) is 7.40. The number of nitrogens with one attached hydrogen (secondary N) is 1. The maximum absolute atomic E-state index is 12.1. The number of aromatic nitrogens is 1. The predicted octanol–water partition coefficient (Wildman–Crippen LogP) is 3.32. The molecule has 1 aromatic heterocycles. The summed E-state index contributed by atoms with van der Waals surface area (Å²) in [5.74, 6) is 0.838. The normalized spacial score (nSPS) is 14.8. The molecule has 1 aromatic carbocycles. The van der Waals surface area contributed by atoms with Gasteiger partial charge in [-0.3, -0.25) is 4.79 Å². The number of carbonyl (C=O) groups excluding carboxylic acids is 1. The van der Waals surface area contributed by atoms with E-state index in [4.69, 9.17) is 0 Å². The van der Waals surface area contributed by atoms with Crippen molar-refractivity contribution in [2.45, 2.75) is 19.3 Å². The van der Waals surface area contributed by atoms with E-state index >= 15 is 0 Å². The molecule has 0 saturated carbocycles. The van der Waals surface area contributed by atoms with Gasteiger partial charge in [-0.15, -0.1) is 0 Å². The molecule has 1 amide bonds. The average molecular weight is 281 g/mol. The van der Waals surface area contributed by atoms with E-state index in [1.165, 1.54) is 19.3 Å². The summed E-state index contributed by atoms with van der Waals surface area (Å²) in [5, 5.41) is 2.86. The number of amides is 1. The van der Waals surface area contributed by atoms with Crippen LogP contribution in [0.5, 0.6) is 0 Å². The Hall–Kier alpha value is -2.36. The quantitative estimate of drug-likeness (QED) is 0.938. The minimum atomic E-state index is -0.126. The smallest absolute Gasteiger partial charge is 0.257 e. The summed E-state index contributed by atoms with van der Waals surface area (Å²) in [4.78, 5) is 18.8. The molecule has 0 spiro atoms. The lowest BCUT2D eigenvalue weighted by molar-refractivity contribution is 0.102. The molecule has 1 aliphatic rings. The number of hydrogen-bond donors (Lipinski definition) is 1. The van der Waals surface area contributed by atoms with Crippen LogP contribution in [0.1, 0.15) is 29.6 Å². The van der Waals surface area contributed by atoms with Crippen LogP contribution in [0.4, 0.5) is 11.5 Å². The van der Waals surface area contributed by atoms with Crippen molar-refractivity contribution in [3.63, 3.8) is 0 Å². The Morgan fingerprint density at radius 2 is 1.76 bits per heavy atom. The van der Waals surface area contributed by atoms with E-state index in [0.29, 0.717) is 5.56 Å². The second-order valence-corrected chi connectivity index (χ2v) is 5.27. The third-order valence-corrected chi connectivity index (χ3v) is 3.72. The van der Waals surface area contributed by atoms with E-state index in [2.05, 4.69) is 15.2 Å². The molecule has 21 heavy (non-hydrogen) atoms. The Bertz CT molecular complexity index is 589. The highest BCUT2D eigenvalue weighted by Crippen LogP contribution is 2.18. The lowest BCUT2D eigenvalue weighted by Crippen LogP contribution is -2.30. The lowest BCUT2D eigenvalue weighted by Gasteiger charge is -2.27. The molecule has 4 nitrogen and oxygen atoms in total. The number of hydrogen-bond acceptors (Lipinski definition) is 3. The van der Waals surface area contributed by atoms with Gasteiger partial charge in [0.1, 0.15) is 5.82 Å². The van der Waals surface area contributed by atoms with Gasteiger partial charge in [0.2, 0.25) is 0 Å². The van der Waals surface area contributed by atoms with Crippen LogP contribution in [0.15, 0.2) is 48.7 Å². The molecule has 1 N–H and O–H groups in total. The van der Waals surface area contributed by atoms with Gasteiger partial charge >= 0.3 is 0 Å². The fourth-order valence-electron chi connectivity index (χ4n) is 2.56. The Morgan fingerprint density at radius 3 is 2.43 bits per heavy atom. The molecule has 0 aliphatic carbocycles. The first-order chi connectivity index (χ1) is 10.3. The van der Waals surface area contributed by atoms with Gasteiger partial charge in [-0.1, -0.05) is 18.2 Å². The van der Waals surface area contributed by atoms with Gasteiger partial charge in [-0.05, 0) is 43.5 Å². The summed E-state index contributed by atoms with van der Waals surface area (Å²) in [5.41, 5.74) is 1.38. The van der Waals surface area contributed by atoms with Gasteiger partial charge in [-0.25, -0.2) is 4.98 Å². The third-order valence-electron chi connectivity index (χ3n) is 3.72. The maximum atomic E-state index is 12.1. The van der Waals surface area contributed by atoms with Crippen LogP contribution in [-0.2, 0) is 0 Å². The van der Waals surface area contributed by atoms with E-state index in [1.807, 2.05) is 42.5 Å². The van der Waals surface area contributed by atoms with Crippen molar-refractivity contribution in [1.82, 2.24) is 4.98 Å². The van der Waals surface area contributed by atoms with E-state index in [9.17, 15) is 4.79 Å². The first kappa shape index (κ1) is 13.6. The molecule has 0 atom stereocenters. The van der Waals surface area contributed by atoms with Crippen molar-refractivity contribution in [3.05, 3.63) is 54.2 Å². The summed E-state index contributed by atoms with van der Waals surface area (Å²) in [6.45, 7) is 2.12. The van der Waals surface area contributed by atoms with E-state index in [1.54, 1.807) is 6.20 Å². The van der Waals surface area contributed by atoms with Crippen molar-refractivity contribution >= 4 is 17.4 Å². The van der Waals surface area contributed by atoms with Crippen molar-refractivity contribution in [2.24, 2.45) is 0 Å². The Labute approximate surface area is 124 Å². The van der Waals surface area contributed by atoms with Crippen LogP contribution < -0.4 is 10.2 Å². The molecule has 108 valence electrons. The molecule has 2 heterocycles. The Balaban J connectivity index is 1.67. The molecule has 2 aromatic rings. The molecule has 1 saturated heterocycles. The second-order valence-electron chi connectivity index (χ2n) is 5.27. The number of benzene rings is 1. The molecule has 0 unspecified atom stereocenters. The van der Waals surface area contributed by atoms with Crippen molar-refractivity contribution in [3.8, 4) is 0 Å². The van der Waals surface area contributed by atoms with Crippen LogP contribution in [0.25, 0.3) is 0 Å². The number of anilines is 2. The number of carbonyl (C=O) groups is 1. The van der Waals surface area contributed by atoms with Crippen LogP contribution in [0, 0.1) is 0 Å². The van der Waals surface area contributed by atoms with Gasteiger partial charge in [-0.2, -0.15) is 0 Å². The van der Waals surface area contributed by atoms with Gasteiger partial charge < -0.3 is 10.2 Å². The average Bonchev–Trinajstić information content (AvgIpc) is 2.57. The van der Waals surface area contributed by atoms with E-state index in [-0.39, 0.29) is 5.91 Å². The summed E-state index contributed by atoms with van der Waals surface area (Å²) in [7, 11) is 0. The second kappa shape index (κ2) is 6.39. The summed E-state index contributed by atoms with van der Waals surface area (Å²) >= 11 is 0. The molecule has 4 heteroatoms. The molecule has 0 bridgehead atoms. The molecule has 1 aliphatic heterocycles. The van der Waals surface area contributed by atoms with Crippen molar-refractivity contribution < 1.29 is 4.79 Å². The Morgan fingerprint density at radius 1 is 1.00 bits per heavy atom. The maximum Gasteiger partial charge on any atom is 0.257 e. The van der Waals surface area contributed by atoms with E-state index < -0.39 is 0 Å². The topological polar surface area (TPSA) is 45.2 Å². The van der Waals surface area contributed by atoms with E-state index in [0.717, 1.165) is 24.6 Å². The van der Waals surface area contributed by atoms with Gasteiger partial charge in [0.25, 0.3) is 5.91 Å². The zero-order valence-electron chi connectivity index (χ0n) is 12.0. The largest absolute Gasteiger partial charge is 0.357 e. The molecule has 0 radical (unpaired) electrons. The highest BCUT2D eigenvalue weighted by molar-refractivity contribution is 6.04. The number of para-hydroxylation sites is 1. The molecule has 3 rings (SSSR count). The number of piperidine rings is 1. The minimum Gasteiger partial charge on any atom is -0.357 e. The van der Waals surface area contributed by atoms with Crippen LogP contribution >= 0.6 is 0 Å². The fourth-order valence-corrected chi connectivity index (χ4v) is 2.56. The van der Waals surface area contributed by atoms with Crippen LogP contribution in [0.3, 0.4) is 0 Å².